The first-order chi connectivity index (χ1) is 9.70. The van der Waals surface area contributed by atoms with Crippen LogP contribution in [0.25, 0.3) is 11.0 Å². The lowest BCUT2D eigenvalue weighted by molar-refractivity contribution is -0.782. The highest BCUT2D eigenvalue weighted by atomic mass is 17.2. The summed E-state index contributed by atoms with van der Waals surface area (Å²) in [5.74, 6) is 2.84. The van der Waals surface area contributed by atoms with E-state index in [0.717, 1.165) is 4.41 Å². The third-order valence-corrected chi connectivity index (χ3v) is 2.05. The molecular weight excluding hydrogens is 268 g/mol. The van der Waals surface area contributed by atoms with E-state index in [2.05, 4.69) is 26.0 Å². The van der Waals surface area contributed by atoms with Crippen molar-refractivity contribution < 1.29 is 23.9 Å². The van der Waals surface area contributed by atoms with Crippen LogP contribution in [0.3, 0.4) is 0 Å². The van der Waals surface area contributed by atoms with Crippen molar-refractivity contribution in [3.8, 4) is 18.1 Å². The number of fused-ring (bicyclic) bond motifs is 1. The molecule has 1 aromatic carbocycles. The molecule has 2 heterocycles. The molecule has 9 nitrogen and oxygen atoms in total. The van der Waals surface area contributed by atoms with Gasteiger partial charge in [0.15, 0.2) is 0 Å². The summed E-state index contributed by atoms with van der Waals surface area (Å²) in [6.07, 6.45) is 7.60. The molecule has 0 aliphatic rings. The van der Waals surface area contributed by atoms with Gasteiger partial charge in [-0.3, -0.25) is 4.63 Å². The lowest BCUT2D eigenvalue weighted by Crippen LogP contribution is -2.22. The second kappa shape index (κ2) is 6.05. The number of benzene rings is 1. The van der Waals surface area contributed by atoms with Crippen LogP contribution in [0.15, 0.2) is 39.6 Å². The van der Waals surface area contributed by atoms with Crippen molar-refractivity contribution in [2.45, 2.75) is 0 Å². The molecule has 3 aromatic rings. The van der Waals surface area contributed by atoms with E-state index in [4.69, 9.17) is 11.2 Å². The van der Waals surface area contributed by atoms with Crippen LogP contribution >= 0.6 is 0 Å². The van der Waals surface area contributed by atoms with Gasteiger partial charge in [0.1, 0.15) is 35.1 Å². The zero-order chi connectivity index (χ0) is 14.4. The Morgan fingerprint density at radius 2 is 2.15 bits per heavy atom. The van der Waals surface area contributed by atoms with Crippen LogP contribution in [0, 0.1) is 17.6 Å². The fourth-order valence-electron chi connectivity index (χ4n) is 1.25. The minimum atomic E-state index is 0.162. The summed E-state index contributed by atoms with van der Waals surface area (Å²) >= 11 is 0. The largest absolute Gasteiger partial charge is 0.487 e. The lowest BCUT2D eigenvalue weighted by Gasteiger charge is -1.99. The van der Waals surface area contributed by atoms with Gasteiger partial charge in [0.05, 0.1) is 0 Å². The molecule has 0 fully saturated rings. The van der Waals surface area contributed by atoms with Gasteiger partial charge in [-0.15, -0.1) is 6.42 Å². The number of terminal acetylenes is 1. The summed E-state index contributed by atoms with van der Waals surface area (Å²) in [6.45, 7) is 0.162. The van der Waals surface area contributed by atoms with Crippen molar-refractivity contribution in [3.63, 3.8) is 0 Å². The molecule has 102 valence electrons. The molecule has 2 aromatic heterocycles. The van der Waals surface area contributed by atoms with Gasteiger partial charge in [0.2, 0.25) is 11.0 Å². The van der Waals surface area contributed by atoms with Crippen molar-refractivity contribution >= 4 is 11.0 Å². The SMILES string of the molecule is C#CCOc1ccc2no[n+]([O-])c2c1.[O-][o+]1nccn1. The molecule has 3 rings (SSSR count). The van der Waals surface area contributed by atoms with E-state index in [9.17, 15) is 10.5 Å². The highest BCUT2D eigenvalue weighted by Crippen LogP contribution is 2.16. The quantitative estimate of drug-likeness (QED) is 0.264. The molecule has 0 aliphatic heterocycles. The van der Waals surface area contributed by atoms with Crippen molar-refractivity contribution in [1.29, 1.82) is 0 Å². The third kappa shape index (κ3) is 3.14. The first kappa shape index (κ1) is 13.2. The first-order valence-electron chi connectivity index (χ1n) is 5.25. The molecule has 0 N–H and O–H groups in total. The predicted octanol–water partition coefficient (Wildman–Crippen LogP) is -0.646. The molecule has 0 saturated carbocycles. The monoisotopic (exact) mass is 276 g/mol. The second-order valence-corrected chi connectivity index (χ2v) is 3.31. The molecule has 0 amide bonds. The van der Waals surface area contributed by atoms with Gasteiger partial charge in [-0.1, -0.05) is 5.92 Å². The van der Waals surface area contributed by atoms with Crippen LogP contribution < -0.4 is 14.9 Å². The smallest absolute Gasteiger partial charge is 0.248 e. The molecule has 0 atom stereocenters. The van der Waals surface area contributed by atoms with E-state index >= 15 is 0 Å². The van der Waals surface area contributed by atoms with Gasteiger partial charge in [0, 0.05) is 11.2 Å². The highest BCUT2D eigenvalue weighted by Gasteiger charge is 2.09. The van der Waals surface area contributed by atoms with Crippen molar-refractivity contribution in [1.82, 2.24) is 15.5 Å². The zero-order valence-electron chi connectivity index (χ0n) is 10.0. The van der Waals surface area contributed by atoms with Gasteiger partial charge < -0.3 is 15.2 Å². The van der Waals surface area contributed by atoms with Crippen LogP contribution in [-0.2, 0) is 0 Å². The number of rotatable bonds is 2. The third-order valence-electron chi connectivity index (χ3n) is 2.05. The van der Waals surface area contributed by atoms with Gasteiger partial charge in [-0.25, -0.2) is 4.41 Å². The predicted molar refractivity (Wildman–Crippen MR) is 61.6 cm³/mol. The number of aromatic nitrogens is 4. The summed E-state index contributed by atoms with van der Waals surface area (Å²) in [5.41, 5.74) is 0.799. The molecular formula is C11H8N4O5. The maximum atomic E-state index is 11.0. The fraction of sp³-hybridized carbons (Fsp3) is 0.0909. The number of hydrogen-bond acceptors (Lipinski definition) is 7. The van der Waals surface area contributed by atoms with Crippen molar-refractivity contribution in [3.05, 3.63) is 35.8 Å². The molecule has 0 aliphatic carbocycles. The van der Waals surface area contributed by atoms with Gasteiger partial charge in [-0.05, 0) is 17.0 Å². The number of ether oxygens (including phenoxy) is 1. The van der Waals surface area contributed by atoms with Crippen molar-refractivity contribution in [2.75, 3.05) is 6.61 Å². The lowest BCUT2D eigenvalue weighted by atomic mass is 10.3. The van der Waals surface area contributed by atoms with Gasteiger partial charge >= 0.3 is 0 Å². The maximum Gasteiger partial charge on any atom is 0.248 e. The Balaban J connectivity index is 0.000000205. The molecule has 9 heteroatoms. The Hall–Kier alpha value is -3.28. The zero-order valence-corrected chi connectivity index (χ0v) is 10.0. The van der Waals surface area contributed by atoms with Gasteiger partial charge in [-0.2, -0.15) is 0 Å². The summed E-state index contributed by atoms with van der Waals surface area (Å²) < 4.78 is 10.4. The van der Waals surface area contributed by atoms with E-state index in [1.807, 2.05) is 0 Å². The molecule has 20 heavy (non-hydrogen) atoms. The molecule has 0 radical (unpaired) electrons. The Bertz CT molecular complexity index is 716. The Morgan fingerprint density at radius 1 is 1.40 bits per heavy atom. The van der Waals surface area contributed by atoms with E-state index in [0.29, 0.717) is 21.7 Å². The maximum absolute atomic E-state index is 11.0. The second-order valence-electron chi connectivity index (χ2n) is 3.31. The summed E-state index contributed by atoms with van der Waals surface area (Å²) in [4.78, 5) is 0.318. The molecule has 0 bridgehead atoms. The normalized spacial score (nSPS) is 9.55. The van der Waals surface area contributed by atoms with Crippen LogP contribution in [0.2, 0.25) is 0 Å². The van der Waals surface area contributed by atoms with Crippen molar-refractivity contribution in [2.24, 2.45) is 0 Å². The van der Waals surface area contributed by atoms with Crippen LogP contribution in [-0.4, -0.2) is 22.1 Å². The average Bonchev–Trinajstić information content (AvgIpc) is 3.07. The van der Waals surface area contributed by atoms with Crippen LogP contribution in [0.5, 0.6) is 5.75 Å². The topological polar surface area (TPSA) is 114 Å². The average molecular weight is 276 g/mol. The Labute approximate surface area is 112 Å². The molecule has 0 spiro atoms. The summed E-state index contributed by atoms with van der Waals surface area (Å²) in [5, 5.41) is 30.4. The Morgan fingerprint density at radius 3 is 2.75 bits per heavy atom. The minimum Gasteiger partial charge on any atom is -0.487 e. The highest BCUT2D eigenvalue weighted by molar-refractivity contribution is 5.71. The molecule has 0 saturated heterocycles. The number of hydrogen-bond donors (Lipinski definition) is 0. The van der Waals surface area contributed by atoms with E-state index < -0.39 is 0 Å². The van der Waals surface area contributed by atoms with Gasteiger partial charge in [0.25, 0.3) is 0 Å². The minimum absolute atomic E-state index is 0.162. The van der Waals surface area contributed by atoms with Crippen LogP contribution in [0.1, 0.15) is 0 Å². The van der Waals surface area contributed by atoms with E-state index in [1.54, 1.807) is 12.1 Å². The standard InChI is InChI=1S/C9H6N2O3.C2H2N2O2/c1-2-5-13-7-3-4-8-9(6-7)11(12)14-10-8;5-6-3-1-2-4-6/h1,3-4,6H,5H2;1-2H. The first-order valence-corrected chi connectivity index (χ1v) is 5.25. The van der Waals surface area contributed by atoms with Crippen LogP contribution in [0.4, 0.5) is 0 Å². The van der Waals surface area contributed by atoms with E-state index in [1.165, 1.54) is 18.5 Å². The Kier molecular flexibility index (Phi) is 3.98. The number of nitrogens with zero attached hydrogens (tertiary/aromatic N) is 4. The van der Waals surface area contributed by atoms with E-state index in [-0.39, 0.29) is 6.61 Å². The fourth-order valence-corrected chi connectivity index (χ4v) is 1.25. The summed E-state index contributed by atoms with van der Waals surface area (Å²) in [7, 11) is 0. The summed E-state index contributed by atoms with van der Waals surface area (Å²) in [6, 6.07) is 4.82. The molecule has 0 unspecified atom stereocenters.